The third-order valence-electron chi connectivity index (χ3n) is 2.25. The summed E-state index contributed by atoms with van der Waals surface area (Å²) < 4.78 is 0. The van der Waals surface area contributed by atoms with Gasteiger partial charge in [0.2, 0.25) is 5.91 Å². The summed E-state index contributed by atoms with van der Waals surface area (Å²) in [6.07, 6.45) is 0.901. The molecule has 0 saturated heterocycles. The van der Waals surface area contributed by atoms with Crippen molar-refractivity contribution in [3.63, 3.8) is 0 Å². The number of hydrogen-bond acceptors (Lipinski definition) is 4. The van der Waals surface area contributed by atoms with E-state index in [2.05, 4.69) is 5.32 Å². The Hall–Kier alpha value is -0.650. The fraction of sp³-hybridized carbons (Fsp3) is 0.900. The van der Waals surface area contributed by atoms with E-state index < -0.39 is 0 Å². The largest absolute Gasteiger partial charge is 0.395 e. The van der Waals surface area contributed by atoms with E-state index in [1.54, 1.807) is 11.8 Å². The molecule has 0 heterocycles. The summed E-state index contributed by atoms with van der Waals surface area (Å²) in [5.41, 5.74) is 0. The highest BCUT2D eigenvalue weighted by molar-refractivity contribution is 5.81. The molecule has 15 heavy (non-hydrogen) atoms. The van der Waals surface area contributed by atoms with E-state index in [1.807, 2.05) is 6.92 Å². The summed E-state index contributed by atoms with van der Waals surface area (Å²) in [7, 11) is 0. The van der Waals surface area contributed by atoms with Gasteiger partial charge in [0.25, 0.3) is 0 Å². The number of hydrogen-bond donors (Lipinski definition) is 3. The molecular weight excluding hydrogens is 196 g/mol. The molecule has 0 saturated carbocycles. The minimum atomic E-state index is -0.309. The second-order valence-electron chi connectivity index (χ2n) is 3.45. The first-order valence-corrected chi connectivity index (χ1v) is 5.40. The van der Waals surface area contributed by atoms with Crippen molar-refractivity contribution in [2.75, 3.05) is 32.8 Å². The summed E-state index contributed by atoms with van der Waals surface area (Å²) in [6.45, 7) is 5.22. The molecule has 3 N–H and O–H groups in total. The van der Waals surface area contributed by atoms with Gasteiger partial charge in [0.05, 0.1) is 19.3 Å². The number of aliphatic hydroxyl groups is 2. The van der Waals surface area contributed by atoms with Gasteiger partial charge >= 0.3 is 0 Å². The zero-order chi connectivity index (χ0) is 11.7. The van der Waals surface area contributed by atoms with Gasteiger partial charge in [0, 0.05) is 19.6 Å². The number of carbonyl (C=O) groups is 1. The van der Waals surface area contributed by atoms with Crippen LogP contribution < -0.4 is 5.32 Å². The molecule has 0 radical (unpaired) electrons. The number of amides is 1. The molecule has 0 aliphatic carbocycles. The number of nitrogens with one attached hydrogen (secondary N) is 1. The van der Waals surface area contributed by atoms with Crippen molar-refractivity contribution < 1.29 is 15.0 Å². The highest BCUT2D eigenvalue weighted by atomic mass is 16.3. The SMILES string of the molecule is CCCNC(=O)C(C)N(CCO)CCO. The fourth-order valence-electron chi connectivity index (χ4n) is 1.32. The average molecular weight is 218 g/mol. The quantitative estimate of drug-likeness (QED) is 0.498. The Morgan fingerprint density at radius 2 is 1.87 bits per heavy atom. The first kappa shape index (κ1) is 14.3. The zero-order valence-electron chi connectivity index (χ0n) is 9.57. The van der Waals surface area contributed by atoms with Crippen LogP contribution in [0.1, 0.15) is 20.3 Å². The zero-order valence-corrected chi connectivity index (χ0v) is 9.57. The van der Waals surface area contributed by atoms with Crippen molar-refractivity contribution in [1.29, 1.82) is 0 Å². The molecule has 1 atom stereocenters. The van der Waals surface area contributed by atoms with Crippen molar-refractivity contribution in [3.05, 3.63) is 0 Å². The molecule has 0 fully saturated rings. The van der Waals surface area contributed by atoms with Crippen LogP contribution in [0.4, 0.5) is 0 Å². The van der Waals surface area contributed by atoms with E-state index in [9.17, 15) is 4.79 Å². The first-order valence-electron chi connectivity index (χ1n) is 5.40. The van der Waals surface area contributed by atoms with Crippen LogP contribution in [0.25, 0.3) is 0 Å². The maximum Gasteiger partial charge on any atom is 0.237 e. The maximum absolute atomic E-state index is 11.6. The van der Waals surface area contributed by atoms with Crippen molar-refractivity contribution in [1.82, 2.24) is 10.2 Å². The Morgan fingerprint density at radius 1 is 1.33 bits per heavy atom. The van der Waals surface area contributed by atoms with Gasteiger partial charge < -0.3 is 15.5 Å². The normalized spacial score (nSPS) is 12.9. The topological polar surface area (TPSA) is 72.8 Å². The average Bonchev–Trinajstić information content (AvgIpc) is 2.24. The second-order valence-corrected chi connectivity index (χ2v) is 3.45. The summed E-state index contributed by atoms with van der Waals surface area (Å²) in [4.78, 5) is 13.3. The number of rotatable bonds is 8. The Bertz CT molecular complexity index is 170. The van der Waals surface area contributed by atoms with E-state index in [4.69, 9.17) is 10.2 Å². The van der Waals surface area contributed by atoms with E-state index in [0.717, 1.165) is 6.42 Å². The molecule has 0 aromatic rings. The highest BCUT2D eigenvalue weighted by Crippen LogP contribution is 1.98. The van der Waals surface area contributed by atoms with E-state index in [-0.39, 0.29) is 25.2 Å². The molecule has 90 valence electrons. The predicted molar refractivity (Wildman–Crippen MR) is 58.5 cm³/mol. The second kappa shape index (κ2) is 8.64. The maximum atomic E-state index is 11.6. The Morgan fingerprint density at radius 3 is 2.27 bits per heavy atom. The van der Waals surface area contributed by atoms with Gasteiger partial charge in [-0.3, -0.25) is 9.69 Å². The lowest BCUT2D eigenvalue weighted by molar-refractivity contribution is -0.126. The molecule has 1 unspecified atom stereocenters. The van der Waals surface area contributed by atoms with Crippen LogP contribution in [0.3, 0.4) is 0 Å². The fourth-order valence-corrected chi connectivity index (χ4v) is 1.32. The molecule has 0 spiro atoms. The Labute approximate surface area is 91.1 Å². The van der Waals surface area contributed by atoms with Crippen LogP contribution in [0.15, 0.2) is 0 Å². The summed E-state index contributed by atoms with van der Waals surface area (Å²) in [5, 5.41) is 20.4. The Kier molecular flexibility index (Phi) is 8.27. The Balaban J connectivity index is 4.08. The molecular formula is C10H22N2O3. The summed E-state index contributed by atoms with van der Waals surface area (Å²) >= 11 is 0. The van der Waals surface area contributed by atoms with Gasteiger partial charge in [0.15, 0.2) is 0 Å². The first-order chi connectivity index (χ1) is 7.17. The van der Waals surface area contributed by atoms with Crippen LogP contribution in [0.2, 0.25) is 0 Å². The van der Waals surface area contributed by atoms with E-state index >= 15 is 0 Å². The van der Waals surface area contributed by atoms with E-state index in [1.165, 1.54) is 0 Å². The van der Waals surface area contributed by atoms with Gasteiger partial charge in [-0.2, -0.15) is 0 Å². The van der Waals surface area contributed by atoms with E-state index in [0.29, 0.717) is 19.6 Å². The number of carbonyl (C=O) groups excluding carboxylic acids is 1. The molecule has 5 nitrogen and oxygen atoms in total. The summed E-state index contributed by atoms with van der Waals surface area (Å²) in [5.74, 6) is -0.0567. The molecule has 1 amide bonds. The van der Waals surface area contributed by atoms with Crippen molar-refractivity contribution in [2.24, 2.45) is 0 Å². The summed E-state index contributed by atoms with van der Waals surface area (Å²) in [6, 6.07) is -0.309. The van der Waals surface area contributed by atoms with Crippen molar-refractivity contribution in [3.8, 4) is 0 Å². The number of aliphatic hydroxyl groups excluding tert-OH is 2. The third-order valence-corrected chi connectivity index (χ3v) is 2.25. The van der Waals surface area contributed by atoms with Crippen LogP contribution in [-0.4, -0.2) is 59.9 Å². The monoisotopic (exact) mass is 218 g/mol. The predicted octanol–water partition coefficient (Wildman–Crippen LogP) is -0.812. The lowest BCUT2D eigenvalue weighted by Crippen LogP contribution is -2.47. The minimum Gasteiger partial charge on any atom is -0.395 e. The third kappa shape index (κ3) is 5.71. The molecule has 0 bridgehead atoms. The highest BCUT2D eigenvalue weighted by Gasteiger charge is 2.19. The van der Waals surface area contributed by atoms with Gasteiger partial charge in [-0.05, 0) is 13.3 Å². The molecule has 0 aliphatic rings. The lowest BCUT2D eigenvalue weighted by Gasteiger charge is -2.26. The molecule has 0 aliphatic heterocycles. The van der Waals surface area contributed by atoms with Crippen LogP contribution in [-0.2, 0) is 4.79 Å². The molecule has 0 rings (SSSR count). The van der Waals surface area contributed by atoms with Crippen molar-refractivity contribution >= 4 is 5.91 Å². The molecule has 0 aromatic carbocycles. The van der Waals surface area contributed by atoms with Crippen LogP contribution in [0, 0.1) is 0 Å². The van der Waals surface area contributed by atoms with Gasteiger partial charge in [-0.25, -0.2) is 0 Å². The smallest absolute Gasteiger partial charge is 0.237 e. The number of nitrogens with zero attached hydrogens (tertiary/aromatic N) is 1. The minimum absolute atomic E-state index is 0.00853. The van der Waals surface area contributed by atoms with Crippen LogP contribution >= 0.6 is 0 Å². The standard InChI is InChI=1S/C10H22N2O3/c1-3-4-11-10(15)9(2)12(5-7-13)6-8-14/h9,13-14H,3-8H2,1-2H3,(H,11,15). The van der Waals surface area contributed by atoms with Gasteiger partial charge in [-0.15, -0.1) is 0 Å². The van der Waals surface area contributed by atoms with Crippen LogP contribution in [0.5, 0.6) is 0 Å². The molecule has 0 aromatic heterocycles. The molecule has 5 heteroatoms. The van der Waals surface area contributed by atoms with Gasteiger partial charge in [0.1, 0.15) is 0 Å². The van der Waals surface area contributed by atoms with Gasteiger partial charge in [-0.1, -0.05) is 6.92 Å². The lowest BCUT2D eigenvalue weighted by atomic mass is 10.2. The van der Waals surface area contributed by atoms with Crippen molar-refractivity contribution in [2.45, 2.75) is 26.3 Å².